The molecule has 0 aliphatic carbocycles. The zero-order valence-electron chi connectivity index (χ0n) is 17.9. The Hall–Kier alpha value is -3.31. The van der Waals surface area contributed by atoms with E-state index < -0.39 is 0 Å². The van der Waals surface area contributed by atoms with E-state index in [4.69, 9.17) is 14.2 Å². The zero-order chi connectivity index (χ0) is 22.5. The van der Waals surface area contributed by atoms with Gasteiger partial charge in [-0.1, -0.05) is 64.0 Å². The van der Waals surface area contributed by atoms with Gasteiger partial charge in [-0.3, -0.25) is 0 Å². The molecule has 0 saturated heterocycles. The van der Waals surface area contributed by atoms with Crippen LogP contribution in [0.15, 0.2) is 82.9 Å². The van der Waals surface area contributed by atoms with Gasteiger partial charge in [0.25, 0.3) is 0 Å². The molecule has 0 fully saturated rings. The van der Waals surface area contributed by atoms with E-state index in [2.05, 4.69) is 35.0 Å². The predicted molar refractivity (Wildman–Crippen MR) is 129 cm³/mol. The summed E-state index contributed by atoms with van der Waals surface area (Å²) < 4.78 is 18.2. The highest BCUT2D eigenvalue weighted by atomic mass is 79.9. The van der Waals surface area contributed by atoms with Gasteiger partial charge in [0.2, 0.25) is 0 Å². The molecule has 1 heterocycles. The lowest BCUT2D eigenvalue weighted by Crippen LogP contribution is -2.00. The molecule has 0 radical (unpaired) electrons. The first-order valence-corrected chi connectivity index (χ1v) is 11.2. The van der Waals surface area contributed by atoms with Crippen LogP contribution in [0.1, 0.15) is 29.2 Å². The number of cyclic esters (lactones) is 1. The lowest BCUT2D eigenvalue weighted by Gasteiger charge is -2.13. The molecule has 0 aromatic heterocycles. The smallest absolute Gasteiger partial charge is 0.343 e. The molecule has 162 valence electrons. The average Bonchev–Trinajstić information content (AvgIpc) is 3.14. The molecule has 4 nitrogen and oxygen atoms in total. The van der Waals surface area contributed by atoms with Crippen molar-refractivity contribution in [2.75, 3.05) is 6.61 Å². The summed E-state index contributed by atoms with van der Waals surface area (Å²) in [5.74, 6) is 1.46. The topological polar surface area (TPSA) is 44.8 Å². The maximum absolute atomic E-state index is 12.4. The molecule has 0 saturated carbocycles. The molecular formula is C27H23BrO4. The van der Waals surface area contributed by atoms with E-state index in [0.717, 1.165) is 21.2 Å². The summed E-state index contributed by atoms with van der Waals surface area (Å²) in [6, 6.07) is 21.5. The number of hydrogen-bond acceptors (Lipinski definition) is 4. The maximum atomic E-state index is 12.4. The molecular weight excluding hydrogens is 468 g/mol. The molecule has 4 rings (SSSR count). The van der Waals surface area contributed by atoms with Gasteiger partial charge in [-0.05, 0) is 61.4 Å². The molecule has 32 heavy (non-hydrogen) atoms. The Bertz CT molecular complexity index is 1190. The first-order chi connectivity index (χ1) is 15.5. The van der Waals surface area contributed by atoms with E-state index in [9.17, 15) is 4.79 Å². The molecule has 0 atom stereocenters. The van der Waals surface area contributed by atoms with Crippen molar-refractivity contribution in [1.82, 2.24) is 0 Å². The quantitative estimate of drug-likeness (QED) is 0.272. The first kappa shape index (κ1) is 21.9. The van der Waals surface area contributed by atoms with Crippen LogP contribution < -0.4 is 9.47 Å². The summed E-state index contributed by atoms with van der Waals surface area (Å²) in [4.78, 5) is 12.4. The van der Waals surface area contributed by atoms with Crippen molar-refractivity contribution in [2.24, 2.45) is 0 Å². The third-order valence-corrected chi connectivity index (χ3v) is 5.45. The van der Waals surface area contributed by atoms with Gasteiger partial charge in [-0.25, -0.2) is 4.79 Å². The number of carbonyl (C=O) groups is 1. The SMILES string of the molecule is CCOc1cc(/C=C2\C=C(c3ccc(Br)cc3)OC2=O)ccc1OCc1cccc(C)c1. The van der Waals surface area contributed by atoms with Crippen LogP contribution in [0.4, 0.5) is 0 Å². The van der Waals surface area contributed by atoms with Crippen LogP contribution in [0.3, 0.4) is 0 Å². The Balaban J connectivity index is 1.55. The standard InChI is InChI=1S/C27H23BrO4/c1-3-30-26-15-19(7-12-24(26)31-17-20-6-4-5-18(2)13-20)14-22-16-25(32-27(22)29)21-8-10-23(28)11-9-21/h4-16H,3,17H2,1-2H3/b22-14+. The summed E-state index contributed by atoms with van der Waals surface area (Å²) in [5.41, 5.74) is 4.45. The third kappa shape index (κ3) is 5.29. The molecule has 0 bridgehead atoms. The van der Waals surface area contributed by atoms with E-state index >= 15 is 0 Å². The van der Waals surface area contributed by atoms with Gasteiger partial charge >= 0.3 is 5.97 Å². The number of benzene rings is 3. The molecule has 0 unspecified atom stereocenters. The van der Waals surface area contributed by atoms with Crippen molar-refractivity contribution >= 4 is 33.7 Å². The first-order valence-electron chi connectivity index (χ1n) is 10.4. The third-order valence-electron chi connectivity index (χ3n) is 4.92. The van der Waals surface area contributed by atoms with Crippen LogP contribution in [0.25, 0.3) is 11.8 Å². The Kier molecular flexibility index (Phi) is 6.76. The van der Waals surface area contributed by atoms with Crippen LogP contribution in [0, 0.1) is 6.92 Å². The van der Waals surface area contributed by atoms with Crippen molar-refractivity contribution in [3.8, 4) is 11.5 Å². The van der Waals surface area contributed by atoms with E-state index in [1.807, 2.05) is 61.5 Å². The van der Waals surface area contributed by atoms with Gasteiger partial charge in [0.05, 0.1) is 12.2 Å². The monoisotopic (exact) mass is 490 g/mol. The highest BCUT2D eigenvalue weighted by molar-refractivity contribution is 9.10. The Labute approximate surface area is 196 Å². The Morgan fingerprint density at radius 2 is 1.78 bits per heavy atom. The van der Waals surface area contributed by atoms with Crippen LogP contribution in [0.5, 0.6) is 11.5 Å². The largest absolute Gasteiger partial charge is 0.490 e. The van der Waals surface area contributed by atoms with Gasteiger partial charge in [0.15, 0.2) is 11.5 Å². The fraction of sp³-hybridized carbons (Fsp3) is 0.148. The maximum Gasteiger partial charge on any atom is 0.343 e. The fourth-order valence-corrected chi connectivity index (χ4v) is 3.65. The number of aryl methyl sites for hydroxylation is 1. The van der Waals surface area contributed by atoms with Gasteiger partial charge in [0, 0.05) is 10.0 Å². The predicted octanol–water partition coefficient (Wildman–Crippen LogP) is 6.72. The highest BCUT2D eigenvalue weighted by Crippen LogP contribution is 2.32. The molecule has 0 N–H and O–H groups in total. The van der Waals surface area contributed by atoms with Gasteiger partial charge < -0.3 is 14.2 Å². The molecule has 1 aliphatic rings. The number of rotatable bonds is 7. The lowest BCUT2D eigenvalue weighted by molar-refractivity contribution is -0.130. The minimum Gasteiger partial charge on any atom is -0.490 e. The van der Waals surface area contributed by atoms with Crippen molar-refractivity contribution in [3.05, 3.63) is 105 Å². The summed E-state index contributed by atoms with van der Waals surface area (Å²) in [5, 5.41) is 0. The van der Waals surface area contributed by atoms with E-state index in [1.54, 1.807) is 12.2 Å². The number of hydrogen-bond donors (Lipinski definition) is 0. The molecule has 0 amide bonds. The van der Waals surface area contributed by atoms with Gasteiger partial charge in [-0.15, -0.1) is 0 Å². The number of halogens is 1. The lowest BCUT2D eigenvalue weighted by atomic mass is 10.1. The number of carbonyl (C=O) groups excluding carboxylic acids is 1. The molecule has 5 heteroatoms. The normalized spacial score (nSPS) is 14.3. The van der Waals surface area contributed by atoms with Crippen LogP contribution in [-0.4, -0.2) is 12.6 Å². The van der Waals surface area contributed by atoms with E-state index in [-0.39, 0.29) is 5.97 Å². The minimum absolute atomic E-state index is 0.374. The van der Waals surface area contributed by atoms with E-state index in [1.165, 1.54) is 5.56 Å². The van der Waals surface area contributed by atoms with Crippen molar-refractivity contribution in [1.29, 1.82) is 0 Å². The van der Waals surface area contributed by atoms with Crippen LogP contribution in [-0.2, 0) is 16.1 Å². The van der Waals surface area contributed by atoms with E-state index in [0.29, 0.717) is 36.0 Å². The molecule has 3 aromatic rings. The molecule has 3 aromatic carbocycles. The molecule has 0 spiro atoms. The Morgan fingerprint density at radius 3 is 2.53 bits per heavy atom. The minimum atomic E-state index is -0.374. The second-order valence-corrected chi connectivity index (χ2v) is 8.34. The summed E-state index contributed by atoms with van der Waals surface area (Å²) in [7, 11) is 0. The second-order valence-electron chi connectivity index (χ2n) is 7.42. The van der Waals surface area contributed by atoms with Crippen molar-refractivity contribution < 1.29 is 19.0 Å². The number of ether oxygens (including phenoxy) is 3. The fourth-order valence-electron chi connectivity index (χ4n) is 3.39. The zero-order valence-corrected chi connectivity index (χ0v) is 19.5. The second kappa shape index (κ2) is 9.88. The van der Waals surface area contributed by atoms with Crippen LogP contribution >= 0.6 is 15.9 Å². The van der Waals surface area contributed by atoms with Crippen molar-refractivity contribution in [2.45, 2.75) is 20.5 Å². The van der Waals surface area contributed by atoms with Crippen LogP contribution in [0.2, 0.25) is 0 Å². The summed E-state index contributed by atoms with van der Waals surface area (Å²) in [6.07, 6.45) is 3.55. The average molecular weight is 491 g/mol. The van der Waals surface area contributed by atoms with Crippen molar-refractivity contribution in [3.63, 3.8) is 0 Å². The molecule has 1 aliphatic heterocycles. The Morgan fingerprint density at radius 1 is 0.969 bits per heavy atom. The number of esters is 1. The summed E-state index contributed by atoms with van der Waals surface area (Å²) >= 11 is 3.41. The van der Waals surface area contributed by atoms with Gasteiger partial charge in [-0.2, -0.15) is 0 Å². The highest BCUT2D eigenvalue weighted by Gasteiger charge is 2.22. The summed E-state index contributed by atoms with van der Waals surface area (Å²) in [6.45, 7) is 4.95. The van der Waals surface area contributed by atoms with Gasteiger partial charge in [0.1, 0.15) is 12.4 Å².